The number of amides is 2. The van der Waals surface area contributed by atoms with Crippen molar-refractivity contribution in [2.24, 2.45) is 0 Å². The van der Waals surface area contributed by atoms with Gasteiger partial charge in [-0.25, -0.2) is 4.39 Å². The molecule has 0 radical (unpaired) electrons. The third kappa shape index (κ3) is 5.06. The molecule has 2 aromatic rings. The molecule has 0 aliphatic heterocycles. The summed E-state index contributed by atoms with van der Waals surface area (Å²) in [6.07, 6.45) is 0.388. The zero-order chi connectivity index (χ0) is 17.5. The molecule has 0 atom stereocenters. The van der Waals surface area contributed by atoms with Crippen LogP contribution in [0.5, 0.6) is 0 Å². The Kier molecular flexibility index (Phi) is 6.32. The van der Waals surface area contributed by atoms with E-state index in [1.54, 1.807) is 42.5 Å². The Balaban J connectivity index is 1.90. The van der Waals surface area contributed by atoms with E-state index in [0.717, 1.165) is 0 Å². The number of hydrogen-bond acceptors (Lipinski definition) is 2. The largest absolute Gasteiger partial charge is 0.354 e. The second-order valence-corrected chi connectivity index (χ2v) is 5.71. The highest BCUT2D eigenvalue weighted by Crippen LogP contribution is 2.18. The number of hydrogen-bond donors (Lipinski definition) is 1. The maximum Gasteiger partial charge on any atom is 0.240 e. The quantitative estimate of drug-likeness (QED) is 0.871. The molecule has 2 amide bonds. The van der Waals surface area contributed by atoms with Gasteiger partial charge in [-0.3, -0.25) is 9.59 Å². The van der Waals surface area contributed by atoms with E-state index in [2.05, 4.69) is 5.32 Å². The number of benzene rings is 2. The van der Waals surface area contributed by atoms with Gasteiger partial charge in [-0.05, 0) is 42.3 Å². The van der Waals surface area contributed by atoms with E-state index in [1.165, 1.54) is 17.9 Å². The SMILES string of the molecule is CC(=O)N(CC(=O)NCCc1ccccc1F)c1ccc(Cl)cc1. The van der Waals surface area contributed by atoms with E-state index in [0.29, 0.717) is 29.2 Å². The predicted molar refractivity (Wildman–Crippen MR) is 92.6 cm³/mol. The average molecular weight is 349 g/mol. The summed E-state index contributed by atoms with van der Waals surface area (Å²) in [4.78, 5) is 25.2. The fourth-order valence-electron chi connectivity index (χ4n) is 2.24. The Morgan fingerprint density at radius 3 is 2.42 bits per heavy atom. The Labute approximate surface area is 145 Å². The zero-order valence-electron chi connectivity index (χ0n) is 13.3. The minimum atomic E-state index is -0.309. The zero-order valence-corrected chi connectivity index (χ0v) is 14.0. The summed E-state index contributed by atoms with van der Waals surface area (Å²) < 4.78 is 13.5. The first-order valence-corrected chi connectivity index (χ1v) is 7.89. The molecule has 1 N–H and O–H groups in total. The highest BCUT2D eigenvalue weighted by atomic mass is 35.5. The highest BCUT2D eigenvalue weighted by molar-refractivity contribution is 6.30. The van der Waals surface area contributed by atoms with E-state index in [1.807, 2.05) is 0 Å². The standard InChI is InChI=1S/C18H18ClFN2O2/c1-13(23)22(16-8-6-15(19)7-9-16)12-18(24)21-11-10-14-4-2-3-5-17(14)20/h2-9H,10-12H2,1H3,(H,21,24). The summed E-state index contributed by atoms with van der Waals surface area (Å²) in [6, 6.07) is 13.1. The molecule has 0 heterocycles. The number of carbonyl (C=O) groups is 2. The minimum absolute atomic E-state index is 0.103. The topological polar surface area (TPSA) is 49.4 Å². The molecule has 0 saturated carbocycles. The maximum atomic E-state index is 13.5. The first-order valence-electron chi connectivity index (χ1n) is 7.51. The number of anilines is 1. The fraction of sp³-hybridized carbons (Fsp3) is 0.222. The van der Waals surface area contributed by atoms with Crippen molar-refractivity contribution in [3.8, 4) is 0 Å². The van der Waals surface area contributed by atoms with Crippen LogP contribution in [0.4, 0.5) is 10.1 Å². The van der Waals surface area contributed by atoms with Crippen molar-refractivity contribution in [2.45, 2.75) is 13.3 Å². The Morgan fingerprint density at radius 1 is 1.12 bits per heavy atom. The Bertz CT molecular complexity index is 719. The van der Waals surface area contributed by atoms with Gasteiger partial charge in [-0.2, -0.15) is 0 Å². The molecule has 0 aliphatic carbocycles. The molecule has 4 nitrogen and oxygen atoms in total. The first kappa shape index (κ1) is 17.9. The number of rotatable bonds is 6. The molecule has 0 aromatic heterocycles. The summed E-state index contributed by atoms with van der Waals surface area (Å²) in [7, 11) is 0. The number of halogens is 2. The maximum absolute atomic E-state index is 13.5. The molecule has 0 unspecified atom stereocenters. The van der Waals surface area contributed by atoms with Gasteiger partial charge < -0.3 is 10.2 Å². The summed E-state index contributed by atoms with van der Waals surface area (Å²) >= 11 is 5.83. The van der Waals surface area contributed by atoms with Crippen molar-refractivity contribution in [2.75, 3.05) is 18.0 Å². The van der Waals surface area contributed by atoms with Crippen molar-refractivity contribution >= 4 is 29.1 Å². The number of nitrogens with zero attached hydrogens (tertiary/aromatic N) is 1. The van der Waals surface area contributed by atoms with E-state index >= 15 is 0 Å². The molecule has 2 rings (SSSR count). The van der Waals surface area contributed by atoms with Crippen molar-refractivity contribution in [3.05, 3.63) is 64.9 Å². The Hall–Kier alpha value is -2.40. The van der Waals surface area contributed by atoms with Gasteiger partial charge in [0.05, 0.1) is 0 Å². The van der Waals surface area contributed by atoms with Crippen LogP contribution in [0, 0.1) is 5.82 Å². The number of carbonyl (C=O) groups excluding carboxylic acids is 2. The van der Waals surface area contributed by atoms with Crippen molar-refractivity contribution in [1.29, 1.82) is 0 Å². The molecule has 0 spiro atoms. The van der Waals surface area contributed by atoms with Crippen LogP contribution in [-0.2, 0) is 16.0 Å². The van der Waals surface area contributed by atoms with Crippen molar-refractivity contribution in [1.82, 2.24) is 5.32 Å². The first-order chi connectivity index (χ1) is 11.5. The average Bonchev–Trinajstić information content (AvgIpc) is 2.55. The molecule has 126 valence electrons. The molecule has 0 fully saturated rings. The van der Waals surface area contributed by atoms with Gasteiger partial charge in [-0.1, -0.05) is 29.8 Å². The minimum Gasteiger partial charge on any atom is -0.354 e. The number of nitrogens with one attached hydrogen (secondary N) is 1. The smallest absolute Gasteiger partial charge is 0.240 e. The van der Waals surface area contributed by atoms with Crippen LogP contribution in [0.2, 0.25) is 5.02 Å². The third-order valence-electron chi connectivity index (χ3n) is 3.49. The fourth-order valence-corrected chi connectivity index (χ4v) is 2.37. The van der Waals surface area contributed by atoms with E-state index in [9.17, 15) is 14.0 Å². The van der Waals surface area contributed by atoms with E-state index in [4.69, 9.17) is 11.6 Å². The molecule has 24 heavy (non-hydrogen) atoms. The molecular formula is C18H18ClFN2O2. The van der Waals surface area contributed by atoms with Crippen LogP contribution in [-0.4, -0.2) is 24.9 Å². The van der Waals surface area contributed by atoms with Crippen molar-refractivity contribution < 1.29 is 14.0 Å². The summed E-state index contributed by atoms with van der Waals surface area (Å²) in [5.41, 5.74) is 1.13. The predicted octanol–water partition coefficient (Wildman–Crippen LogP) is 3.19. The van der Waals surface area contributed by atoms with Gasteiger partial charge in [-0.15, -0.1) is 0 Å². The van der Waals surface area contributed by atoms with Gasteiger partial charge in [0.25, 0.3) is 0 Å². The molecule has 6 heteroatoms. The second-order valence-electron chi connectivity index (χ2n) is 5.27. The van der Waals surface area contributed by atoms with Crippen LogP contribution in [0.3, 0.4) is 0 Å². The van der Waals surface area contributed by atoms with Crippen LogP contribution >= 0.6 is 11.6 Å². The lowest BCUT2D eigenvalue weighted by Crippen LogP contribution is -2.40. The second kappa shape index (κ2) is 8.45. The highest BCUT2D eigenvalue weighted by Gasteiger charge is 2.15. The monoisotopic (exact) mass is 348 g/mol. The third-order valence-corrected chi connectivity index (χ3v) is 3.75. The van der Waals surface area contributed by atoms with Crippen molar-refractivity contribution in [3.63, 3.8) is 0 Å². The van der Waals surface area contributed by atoms with Crippen LogP contribution in [0.25, 0.3) is 0 Å². The molecule has 0 bridgehead atoms. The lowest BCUT2D eigenvalue weighted by atomic mass is 10.1. The molecule has 0 aliphatic rings. The van der Waals surface area contributed by atoms with Gasteiger partial charge in [0.15, 0.2) is 0 Å². The lowest BCUT2D eigenvalue weighted by Gasteiger charge is -2.20. The summed E-state index contributed by atoms with van der Waals surface area (Å²) in [5, 5.41) is 3.25. The van der Waals surface area contributed by atoms with Gasteiger partial charge in [0.2, 0.25) is 11.8 Å². The normalized spacial score (nSPS) is 10.3. The van der Waals surface area contributed by atoms with Gasteiger partial charge in [0.1, 0.15) is 12.4 Å². The van der Waals surface area contributed by atoms with E-state index in [-0.39, 0.29) is 24.2 Å². The van der Waals surface area contributed by atoms with Gasteiger partial charge in [0, 0.05) is 24.2 Å². The summed E-state index contributed by atoms with van der Waals surface area (Å²) in [6.45, 7) is 1.58. The van der Waals surface area contributed by atoms with Crippen LogP contribution in [0.15, 0.2) is 48.5 Å². The molecular weight excluding hydrogens is 331 g/mol. The van der Waals surface area contributed by atoms with E-state index < -0.39 is 0 Å². The Morgan fingerprint density at radius 2 is 1.79 bits per heavy atom. The molecule has 0 saturated heterocycles. The van der Waals surface area contributed by atoms with Crippen LogP contribution in [0.1, 0.15) is 12.5 Å². The summed E-state index contributed by atoms with van der Waals surface area (Å²) in [5.74, 6) is -0.851. The molecule has 2 aromatic carbocycles. The van der Waals surface area contributed by atoms with Crippen LogP contribution < -0.4 is 10.2 Å². The lowest BCUT2D eigenvalue weighted by molar-refractivity contribution is -0.123. The van der Waals surface area contributed by atoms with Gasteiger partial charge >= 0.3 is 0 Å².